The van der Waals surface area contributed by atoms with Gasteiger partial charge in [0.1, 0.15) is 5.76 Å². The number of nitrogens with zero attached hydrogens (tertiary/aromatic N) is 2. The van der Waals surface area contributed by atoms with Gasteiger partial charge in [0.25, 0.3) is 0 Å². The fourth-order valence-electron chi connectivity index (χ4n) is 3.79. The van der Waals surface area contributed by atoms with Crippen LogP contribution in [0.15, 0.2) is 10.6 Å². The fraction of sp³-hybridized carbons (Fsp3) is 0.812. The highest BCUT2D eigenvalue weighted by Gasteiger charge is 2.38. The zero-order valence-corrected chi connectivity index (χ0v) is 12.4. The van der Waals surface area contributed by atoms with E-state index < -0.39 is 0 Å². The van der Waals surface area contributed by atoms with Crippen LogP contribution in [-0.4, -0.2) is 46.9 Å². The summed E-state index contributed by atoms with van der Waals surface area (Å²) in [6, 6.07) is 0.299. The molecule has 21 heavy (non-hydrogen) atoms. The molecule has 3 fully saturated rings. The molecule has 0 bridgehead atoms. The van der Waals surface area contributed by atoms with Gasteiger partial charge in [0, 0.05) is 24.4 Å². The summed E-state index contributed by atoms with van der Waals surface area (Å²) < 4.78 is 11.6. The average molecular weight is 292 g/mol. The number of aliphatic hydroxyl groups excluding tert-OH is 1. The lowest BCUT2D eigenvalue weighted by Crippen LogP contribution is -2.50. The minimum Gasteiger partial charge on any atom is -0.444 e. The minimum atomic E-state index is -0.175. The van der Waals surface area contributed by atoms with E-state index in [1.165, 1.54) is 12.8 Å². The first kappa shape index (κ1) is 13.7. The molecule has 116 valence electrons. The first-order chi connectivity index (χ1) is 10.3. The second-order valence-electron chi connectivity index (χ2n) is 6.71. The predicted octanol–water partition coefficient (Wildman–Crippen LogP) is 1.91. The molecule has 5 heteroatoms. The van der Waals surface area contributed by atoms with Crippen molar-refractivity contribution in [2.24, 2.45) is 5.92 Å². The monoisotopic (exact) mass is 292 g/mol. The van der Waals surface area contributed by atoms with Crippen LogP contribution < -0.4 is 0 Å². The van der Waals surface area contributed by atoms with Crippen molar-refractivity contribution in [3.05, 3.63) is 17.8 Å². The second-order valence-corrected chi connectivity index (χ2v) is 6.71. The summed E-state index contributed by atoms with van der Waals surface area (Å²) in [5.41, 5.74) is 0. The summed E-state index contributed by atoms with van der Waals surface area (Å²) >= 11 is 0. The standard InChI is InChI=1S/C16H24N2O3/c19-14-3-1-2-12(14)13-10-20-7-6-18(13)9-16-17-8-15(21-16)11-4-5-11/h8,11-14,19H,1-7,9-10H2. The van der Waals surface area contributed by atoms with Crippen LogP contribution in [0.5, 0.6) is 0 Å². The molecular weight excluding hydrogens is 268 g/mol. The molecule has 1 saturated heterocycles. The third-order valence-electron chi connectivity index (χ3n) is 5.20. The molecule has 1 aromatic heterocycles. The van der Waals surface area contributed by atoms with Gasteiger partial charge in [-0.1, -0.05) is 6.42 Å². The quantitative estimate of drug-likeness (QED) is 0.918. The van der Waals surface area contributed by atoms with Gasteiger partial charge in [-0.05, 0) is 25.7 Å². The van der Waals surface area contributed by atoms with Crippen LogP contribution in [0, 0.1) is 5.92 Å². The molecule has 2 heterocycles. The second kappa shape index (κ2) is 5.71. The van der Waals surface area contributed by atoms with Gasteiger partial charge in [-0.3, -0.25) is 4.90 Å². The van der Waals surface area contributed by atoms with Crippen LogP contribution in [0.3, 0.4) is 0 Å². The number of aliphatic hydroxyl groups is 1. The Morgan fingerprint density at radius 3 is 2.95 bits per heavy atom. The van der Waals surface area contributed by atoms with Crippen molar-refractivity contribution >= 4 is 0 Å². The van der Waals surface area contributed by atoms with Crippen LogP contribution in [-0.2, 0) is 11.3 Å². The van der Waals surface area contributed by atoms with Crippen molar-refractivity contribution in [1.29, 1.82) is 0 Å². The molecule has 0 spiro atoms. The Kier molecular flexibility index (Phi) is 3.73. The first-order valence-electron chi connectivity index (χ1n) is 8.26. The third kappa shape index (κ3) is 2.87. The zero-order valence-electron chi connectivity index (χ0n) is 12.4. The number of hydrogen-bond acceptors (Lipinski definition) is 5. The van der Waals surface area contributed by atoms with E-state index in [0.717, 1.165) is 57.2 Å². The Balaban J connectivity index is 1.45. The SMILES string of the molecule is OC1CCCC1C1COCCN1Cc1ncc(C2CC2)o1. The highest BCUT2D eigenvalue weighted by molar-refractivity contribution is 5.08. The molecule has 3 unspecified atom stereocenters. The van der Waals surface area contributed by atoms with E-state index in [1.807, 2.05) is 6.20 Å². The molecule has 5 nitrogen and oxygen atoms in total. The molecule has 1 aromatic rings. The van der Waals surface area contributed by atoms with Crippen molar-refractivity contribution in [2.75, 3.05) is 19.8 Å². The van der Waals surface area contributed by atoms with E-state index in [4.69, 9.17) is 9.15 Å². The molecule has 0 aromatic carbocycles. The molecule has 0 amide bonds. The van der Waals surface area contributed by atoms with Gasteiger partial charge in [0.2, 0.25) is 5.89 Å². The maximum Gasteiger partial charge on any atom is 0.208 e. The number of oxazole rings is 1. The van der Waals surface area contributed by atoms with Gasteiger partial charge in [-0.25, -0.2) is 4.98 Å². The smallest absolute Gasteiger partial charge is 0.208 e. The zero-order chi connectivity index (χ0) is 14.2. The number of ether oxygens (including phenoxy) is 1. The van der Waals surface area contributed by atoms with Gasteiger partial charge < -0.3 is 14.3 Å². The van der Waals surface area contributed by atoms with Crippen LogP contribution in [0.25, 0.3) is 0 Å². The Hall–Kier alpha value is -0.910. The lowest BCUT2D eigenvalue weighted by Gasteiger charge is -2.39. The number of morpholine rings is 1. The van der Waals surface area contributed by atoms with Gasteiger partial charge >= 0.3 is 0 Å². The highest BCUT2D eigenvalue weighted by Crippen LogP contribution is 2.40. The van der Waals surface area contributed by atoms with Gasteiger partial charge in [0.05, 0.1) is 32.1 Å². The van der Waals surface area contributed by atoms with Crippen molar-refractivity contribution in [3.63, 3.8) is 0 Å². The third-order valence-corrected chi connectivity index (χ3v) is 5.20. The number of rotatable bonds is 4. The van der Waals surface area contributed by atoms with E-state index in [-0.39, 0.29) is 6.10 Å². The van der Waals surface area contributed by atoms with Crippen molar-refractivity contribution in [1.82, 2.24) is 9.88 Å². The molecule has 1 aliphatic heterocycles. The number of aromatic nitrogens is 1. The summed E-state index contributed by atoms with van der Waals surface area (Å²) in [4.78, 5) is 6.83. The summed E-state index contributed by atoms with van der Waals surface area (Å²) in [5, 5.41) is 10.2. The predicted molar refractivity (Wildman–Crippen MR) is 76.8 cm³/mol. The van der Waals surface area contributed by atoms with E-state index in [9.17, 15) is 5.11 Å². The molecule has 2 aliphatic carbocycles. The van der Waals surface area contributed by atoms with Gasteiger partial charge in [-0.15, -0.1) is 0 Å². The lowest BCUT2D eigenvalue weighted by atomic mass is 9.94. The van der Waals surface area contributed by atoms with Gasteiger partial charge in [-0.2, -0.15) is 0 Å². The Labute approximate surface area is 125 Å². The summed E-state index contributed by atoms with van der Waals surface area (Å²) in [5.74, 6) is 2.82. The van der Waals surface area contributed by atoms with Crippen molar-refractivity contribution in [2.45, 2.75) is 56.7 Å². The molecular formula is C16H24N2O3. The molecule has 4 rings (SSSR count). The maximum atomic E-state index is 10.2. The lowest BCUT2D eigenvalue weighted by molar-refractivity contribution is -0.0563. The van der Waals surface area contributed by atoms with Crippen LogP contribution in [0.1, 0.15) is 49.7 Å². The minimum absolute atomic E-state index is 0.175. The van der Waals surface area contributed by atoms with E-state index in [1.54, 1.807) is 0 Å². The molecule has 3 aliphatic rings. The summed E-state index contributed by atoms with van der Waals surface area (Å²) in [6.45, 7) is 3.12. The van der Waals surface area contributed by atoms with E-state index >= 15 is 0 Å². The van der Waals surface area contributed by atoms with Crippen molar-refractivity contribution < 1.29 is 14.3 Å². The molecule has 3 atom stereocenters. The van der Waals surface area contributed by atoms with Crippen LogP contribution in [0.4, 0.5) is 0 Å². The normalized spacial score (nSPS) is 34.4. The Morgan fingerprint density at radius 1 is 1.29 bits per heavy atom. The average Bonchev–Trinajstić information content (AvgIpc) is 3.10. The highest BCUT2D eigenvalue weighted by atomic mass is 16.5. The summed E-state index contributed by atoms with van der Waals surface area (Å²) in [6.07, 6.45) is 7.36. The largest absolute Gasteiger partial charge is 0.444 e. The molecule has 1 N–H and O–H groups in total. The number of hydrogen-bond donors (Lipinski definition) is 1. The van der Waals surface area contributed by atoms with Crippen molar-refractivity contribution in [3.8, 4) is 0 Å². The molecule has 0 radical (unpaired) electrons. The van der Waals surface area contributed by atoms with E-state index in [2.05, 4.69) is 9.88 Å². The maximum absolute atomic E-state index is 10.2. The Bertz CT molecular complexity index is 486. The fourth-order valence-corrected chi connectivity index (χ4v) is 3.79. The van der Waals surface area contributed by atoms with Crippen LogP contribution in [0.2, 0.25) is 0 Å². The van der Waals surface area contributed by atoms with E-state index in [0.29, 0.717) is 17.9 Å². The van der Waals surface area contributed by atoms with Crippen LogP contribution >= 0.6 is 0 Å². The summed E-state index contributed by atoms with van der Waals surface area (Å²) in [7, 11) is 0. The first-order valence-corrected chi connectivity index (χ1v) is 8.26. The topological polar surface area (TPSA) is 58.7 Å². The van der Waals surface area contributed by atoms with Gasteiger partial charge in [0.15, 0.2) is 0 Å². The molecule has 2 saturated carbocycles. The Morgan fingerprint density at radius 2 is 2.19 bits per heavy atom.